The molecule has 0 spiro atoms. The smallest absolute Gasteiger partial charge is 0.0522 e. The van der Waals surface area contributed by atoms with Gasteiger partial charge in [-0.1, -0.05) is 18.2 Å². The van der Waals surface area contributed by atoms with Crippen LogP contribution < -0.4 is 5.32 Å². The minimum absolute atomic E-state index is 0.388. The van der Waals surface area contributed by atoms with Crippen molar-refractivity contribution in [2.45, 2.75) is 26.3 Å². The Hall–Kier alpha value is -1.65. The summed E-state index contributed by atoms with van der Waals surface area (Å²) in [6, 6.07) is 9.04. The van der Waals surface area contributed by atoms with Gasteiger partial charge in [0, 0.05) is 28.9 Å². The number of aromatic nitrogens is 2. The predicted molar refractivity (Wildman–Crippen MR) is 89.9 cm³/mol. The van der Waals surface area contributed by atoms with Gasteiger partial charge in [-0.2, -0.15) is 5.10 Å². The van der Waals surface area contributed by atoms with Crippen LogP contribution in [0.5, 0.6) is 0 Å². The third-order valence-electron chi connectivity index (χ3n) is 3.90. The van der Waals surface area contributed by atoms with Gasteiger partial charge >= 0.3 is 0 Å². The monoisotopic (exact) mass is 299 g/mol. The Kier molecular flexibility index (Phi) is 4.08. The van der Waals surface area contributed by atoms with E-state index in [2.05, 4.69) is 54.7 Å². The van der Waals surface area contributed by atoms with Gasteiger partial charge in [-0.3, -0.25) is 4.68 Å². The van der Waals surface area contributed by atoms with Crippen molar-refractivity contribution >= 4 is 21.4 Å². The fourth-order valence-corrected chi connectivity index (χ4v) is 3.97. The van der Waals surface area contributed by atoms with Crippen LogP contribution in [0.15, 0.2) is 36.7 Å². The second-order valence-electron chi connectivity index (χ2n) is 5.54. The summed E-state index contributed by atoms with van der Waals surface area (Å²) in [5.41, 5.74) is 2.70. The number of nitrogens with zero attached hydrogens (tertiary/aromatic N) is 2. The van der Waals surface area contributed by atoms with E-state index in [4.69, 9.17) is 0 Å². The maximum atomic E-state index is 4.21. The molecule has 0 fully saturated rings. The van der Waals surface area contributed by atoms with E-state index in [1.807, 2.05) is 29.3 Å². The molecule has 0 aliphatic heterocycles. The molecule has 3 rings (SSSR count). The van der Waals surface area contributed by atoms with Crippen molar-refractivity contribution in [1.82, 2.24) is 15.1 Å². The van der Waals surface area contributed by atoms with Crippen molar-refractivity contribution in [2.75, 3.05) is 6.54 Å². The average molecular weight is 299 g/mol. The van der Waals surface area contributed by atoms with Gasteiger partial charge in [0.25, 0.3) is 0 Å². The molecule has 2 aromatic heterocycles. The molecule has 110 valence electrons. The van der Waals surface area contributed by atoms with E-state index >= 15 is 0 Å². The number of fused-ring (bicyclic) bond motifs is 1. The van der Waals surface area contributed by atoms with Crippen LogP contribution in [0.1, 0.15) is 29.0 Å². The highest BCUT2D eigenvalue weighted by molar-refractivity contribution is 7.19. The molecule has 0 radical (unpaired) electrons. The third kappa shape index (κ3) is 3.01. The minimum Gasteiger partial charge on any atom is -0.309 e. The zero-order chi connectivity index (χ0) is 14.8. The first-order valence-electron chi connectivity index (χ1n) is 7.34. The Bertz CT molecular complexity index is 741. The lowest BCUT2D eigenvalue weighted by Crippen LogP contribution is -2.21. The van der Waals surface area contributed by atoms with Gasteiger partial charge in [0.1, 0.15) is 0 Å². The molecular formula is C17H21N3S. The van der Waals surface area contributed by atoms with Gasteiger partial charge < -0.3 is 5.32 Å². The van der Waals surface area contributed by atoms with Crippen molar-refractivity contribution in [2.24, 2.45) is 7.05 Å². The molecule has 1 unspecified atom stereocenters. The van der Waals surface area contributed by atoms with E-state index in [9.17, 15) is 0 Å². The van der Waals surface area contributed by atoms with Crippen molar-refractivity contribution in [1.29, 1.82) is 0 Å². The number of nitrogens with one attached hydrogen (secondary N) is 1. The lowest BCUT2D eigenvalue weighted by molar-refractivity contribution is 0.583. The lowest BCUT2D eigenvalue weighted by atomic mass is 10.1. The Morgan fingerprint density at radius 2 is 2.14 bits per heavy atom. The van der Waals surface area contributed by atoms with Crippen LogP contribution in [0.2, 0.25) is 0 Å². The summed E-state index contributed by atoms with van der Waals surface area (Å²) < 4.78 is 3.24. The molecule has 21 heavy (non-hydrogen) atoms. The van der Waals surface area contributed by atoms with E-state index < -0.39 is 0 Å². The van der Waals surface area contributed by atoms with Crippen LogP contribution in [-0.2, 0) is 13.5 Å². The molecule has 0 bridgehead atoms. The molecule has 0 amide bonds. The average Bonchev–Trinajstić information content (AvgIpc) is 3.03. The Morgan fingerprint density at radius 3 is 2.86 bits per heavy atom. The van der Waals surface area contributed by atoms with Crippen LogP contribution >= 0.6 is 11.3 Å². The van der Waals surface area contributed by atoms with E-state index in [0.29, 0.717) is 6.04 Å². The third-order valence-corrected chi connectivity index (χ3v) is 5.35. The van der Waals surface area contributed by atoms with Crippen molar-refractivity contribution in [3.63, 3.8) is 0 Å². The largest absolute Gasteiger partial charge is 0.309 e. The zero-order valence-corrected chi connectivity index (χ0v) is 13.6. The summed E-state index contributed by atoms with van der Waals surface area (Å²) in [5, 5.41) is 9.23. The van der Waals surface area contributed by atoms with Crippen LogP contribution in [0, 0.1) is 6.92 Å². The maximum Gasteiger partial charge on any atom is 0.0522 e. The van der Waals surface area contributed by atoms with E-state index in [1.165, 1.54) is 26.1 Å². The molecule has 0 aliphatic rings. The molecule has 1 aromatic carbocycles. The molecule has 4 heteroatoms. The summed E-state index contributed by atoms with van der Waals surface area (Å²) in [7, 11) is 1.96. The van der Waals surface area contributed by atoms with Gasteiger partial charge in [-0.25, -0.2) is 0 Å². The van der Waals surface area contributed by atoms with Crippen molar-refractivity contribution in [3.8, 4) is 0 Å². The SMILES string of the molecule is Cc1c(C(C)NCCc2cnn(C)c2)sc2ccccc12. The number of benzene rings is 1. The fraction of sp³-hybridized carbons (Fsp3) is 0.353. The lowest BCUT2D eigenvalue weighted by Gasteiger charge is -2.13. The van der Waals surface area contributed by atoms with Crippen molar-refractivity contribution in [3.05, 3.63) is 52.7 Å². The summed E-state index contributed by atoms with van der Waals surface area (Å²) in [6.45, 7) is 5.45. The number of hydrogen-bond donors (Lipinski definition) is 1. The first-order valence-corrected chi connectivity index (χ1v) is 8.15. The molecule has 3 aromatic rings. The summed E-state index contributed by atoms with van der Waals surface area (Å²) in [4.78, 5) is 1.45. The molecule has 0 saturated carbocycles. The minimum atomic E-state index is 0.388. The highest BCUT2D eigenvalue weighted by Gasteiger charge is 2.13. The Balaban J connectivity index is 1.66. The Labute approximate surface area is 129 Å². The summed E-state index contributed by atoms with van der Waals surface area (Å²) >= 11 is 1.90. The molecule has 0 saturated heterocycles. The number of hydrogen-bond acceptors (Lipinski definition) is 3. The molecule has 1 N–H and O–H groups in total. The number of aryl methyl sites for hydroxylation is 2. The molecule has 3 nitrogen and oxygen atoms in total. The topological polar surface area (TPSA) is 29.9 Å². The second kappa shape index (κ2) is 6.00. The molecule has 0 aliphatic carbocycles. The molecular weight excluding hydrogens is 278 g/mol. The normalized spacial score (nSPS) is 12.9. The highest BCUT2D eigenvalue weighted by atomic mass is 32.1. The quantitative estimate of drug-likeness (QED) is 0.776. The van der Waals surface area contributed by atoms with E-state index in [1.54, 1.807) is 0 Å². The van der Waals surface area contributed by atoms with Gasteiger partial charge in [-0.05, 0) is 49.4 Å². The van der Waals surface area contributed by atoms with Gasteiger partial charge in [-0.15, -0.1) is 11.3 Å². The second-order valence-corrected chi connectivity index (χ2v) is 6.62. The van der Waals surface area contributed by atoms with Crippen molar-refractivity contribution < 1.29 is 0 Å². The van der Waals surface area contributed by atoms with Gasteiger partial charge in [0.15, 0.2) is 0 Å². The zero-order valence-electron chi connectivity index (χ0n) is 12.8. The summed E-state index contributed by atoms with van der Waals surface area (Å²) in [6.07, 6.45) is 5.04. The van der Waals surface area contributed by atoms with Crippen LogP contribution in [0.25, 0.3) is 10.1 Å². The van der Waals surface area contributed by atoms with Crippen LogP contribution in [-0.4, -0.2) is 16.3 Å². The van der Waals surface area contributed by atoms with E-state index in [-0.39, 0.29) is 0 Å². The summed E-state index contributed by atoms with van der Waals surface area (Å²) in [5.74, 6) is 0. The first kappa shape index (κ1) is 14.3. The first-order chi connectivity index (χ1) is 10.1. The van der Waals surface area contributed by atoms with Crippen LogP contribution in [0.4, 0.5) is 0 Å². The van der Waals surface area contributed by atoms with Gasteiger partial charge in [0.2, 0.25) is 0 Å². The van der Waals surface area contributed by atoms with Crippen LogP contribution in [0.3, 0.4) is 0 Å². The highest BCUT2D eigenvalue weighted by Crippen LogP contribution is 2.34. The fourth-order valence-electron chi connectivity index (χ4n) is 2.73. The number of rotatable bonds is 5. The predicted octanol–water partition coefficient (Wildman–Crippen LogP) is 3.84. The van der Waals surface area contributed by atoms with Gasteiger partial charge in [0.05, 0.1) is 6.20 Å². The van der Waals surface area contributed by atoms with E-state index in [0.717, 1.165) is 13.0 Å². The Morgan fingerprint density at radius 1 is 1.33 bits per heavy atom. The maximum absolute atomic E-state index is 4.21. The molecule has 1 atom stereocenters. The number of thiophene rings is 1. The molecule has 2 heterocycles. The standard InChI is InChI=1S/C17H21N3S/c1-12-15-6-4-5-7-16(15)21-17(12)13(2)18-9-8-14-10-19-20(3)11-14/h4-7,10-11,13,18H,8-9H2,1-3H3.